The number of rotatable bonds is 8. The van der Waals surface area contributed by atoms with Crippen LogP contribution in [0.4, 0.5) is 14.4 Å². The van der Waals surface area contributed by atoms with E-state index in [1.165, 1.54) is 6.92 Å². The molecule has 0 bridgehead atoms. The van der Waals surface area contributed by atoms with E-state index in [9.17, 15) is 19.2 Å². The van der Waals surface area contributed by atoms with Crippen molar-refractivity contribution in [2.24, 2.45) is 17.2 Å². The summed E-state index contributed by atoms with van der Waals surface area (Å²) in [7, 11) is 0. The highest BCUT2D eigenvalue weighted by Gasteiger charge is 2.26. The van der Waals surface area contributed by atoms with Crippen molar-refractivity contribution in [2.45, 2.75) is 45.2 Å². The summed E-state index contributed by atoms with van der Waals surface area (Å²) in [4.78, 5) is 41.4. The van der Waals surface area contributed by atoms with Crippen molar-refractivity contribution in [2.75, 3.05) is 13.2 Å². The quantitative estimate of drug-likeness (QED) is 0.387. The van der Waals surface area contributed by atoms with Gasteiger partial charge in [0, 0.05) is 6.92 Å². The second kappa shape index (κ2) is 12.9. The molecule has 1 saturated heterocycles. The second-order valence-electron chi connectivity index (χ2n) is 5.97. The molecule has 13 heteroatoms. The normalized spacial score (nSPS) is 17.2. The first-order chi connectivity index (χ1) is 14.2. The first-order valence-electron chi connectivity index (χ1n) is 8.78. The van der Waals surface area contributed by atoms with Crippen molar-refractivity contribution in [3.63, 3.8) is 0 Å². The predicted octanol–water partition coefficient (Wildman–Crippen LogP) is 0.663. The molecule has 168 valence electrons. The Kier molecular flexibility index (Phi) is 10.5. The Balaban J connectivity index is 0.000000300. The van der Waals surface area contributed by atoms with Crippen LogP contribution >= 0.6 is 0 Å². The van der Waals surface area contributed by atoms with Crippen LogP contribution in [0.1, 0.15) is 31.3 Å². The van der Waals surface area contributed by atoms with Crippen LogP contribution in [0.15, 0.2) is 16.5 Å². The van der Waals surface area contributed by atoms with E-state index in [4.69, 9.17) is 31.1 Å². The molecule has 1 aromatic heterocycles. The van der Waals surface area contributed by atoms with E-state index in [1.807, 2.05) is 0 Å². The Morgan fingerprint density at radius 2 is 1.27 bits per heavy atom. The highest BCUT2D eigenvalue weighted by molar-refractivity contribution is 5.66. The highest BCUT2D eigenvalue weighted by Crippen LogP contribution is 2.20. The van der Waals surface area contributed by atoms with Gasteiger partial charge in [-0.2, -0.15) is 0 Å². The standard InChI is InChI=1S/C9H11NO5.C8H14N2O5/c1-6(11)13-4-7-2-3-8(15-7)5-14-9(10)12;9-7(11)13-3-5-1-2-6(15-5)4-14-8(10)12/h2-3H,4-5H2,1H3,(H2,10,12);5-6H,1-4H2,(H2,9,11)(H2,10,12). The smallest absolute Gasteiger partial charge is 0.404 e. The van der Waals surface area contributed by atoms with Gasteiger partial charge in [0.25, 0.3) is 0 Å². The molecule has 0 aliphatic carbocycles. The number of carbonyl (C=O) groups excluding carboxylic acids is 4. The van der Waals surface area contributed by atoms with Crippen LogP contribution in [-0.2, 0) is 41.7 Å². The van der Waals surface area contributed by atoms with Gasteiger partial charge in [-0.3, -0.25) is 4.79 Å². The lowest BCUT2D eigenvalue weighted by molar-refractivity contribution is -0.142. The molecule has 1 aliphatic heterocycles. The third kappa shape index (κ3) is 11.4. The Labute approximate surface area is 171 Å². The van der Waals surface area contributed by atoms with E-state index >= 15 is 0 Å². The summed E-state index contributed by atoms with van der Waals surface area (Å²) in [6, 6.07) is 3.24. The molecule has 2 rings (SSSR count). The minimum absolute atomic E-state index is 0.0323. The zero-order valence-corrected chi connectivity index (χ0v) is 16.4. The fraction of sp³-hybridized carbons (Fsp3) is 0.529. The van der Waals surface area contributed by atoms with Crippen LogP contribution in [0.2, 0.25) is 0 Å². The van der Waals surface area contributed by atoms with Gasteiger partial charge in [-0.05, 0) is 25.0 Å². The second-order valence-corrected chi connectivity index (χ2v) is 5.97. The van der Waals surface area contributed by atoms with Gasteiger partial charge in [0.05, 0.1) is 12.2 Å². The first kappa shape index (κ1) is 24.6. The van der Waals surface area contributed by atoms with Gasteiger partial charge in [-0.25, -0.2) is 14.4 Å². The molecular formula is C17H25N3O10. The van der Waals surface area contributed by atoms with Crippen molar-refractivity contribution in [3.8, 4) is 0 Å². The maximum Gasteiger partial charge on any atom is 0.404 e. The van der Waals surface area contributed by atoms with E-state index in [2.05, 4.69) is 14.2 Å². The van der Waals surface area contributed by atoms with Crippen LogP contribution in [0.5, 0.6) is 0 Å². The Morgan fingerprint density at radius 3 is 1.67 bits per heavy atom. The molecule has 0 aromatic carbocycles. The summed E-state index contributed by atoms with van der Waals surface area (Å²) in [6.45, 7) is 1.59. The van der Waals surface area contributed by atoms with Gasteiger partial charge in [-0.15, -0.1) is 0 Å². The van der Waals surface area contributed by atoms with E-state index in [0.717, 1.165) is 12.8 Å². The molecule has 2 atom stereocenters. The predicted molar refractivity (Wildman–Crippen MR) is 97.5 cm³/mol. The molecular weight excluding hydrogens is 406 g/mol. The third-order valence-corrected chi connectivity index (χ3v) is 3.51. The van der Waals surface area contributed by atoms with Crippen LogP contribution in [-0.4, -0.2) is 49.7 Å². The maximum absolute atomic E-state index is 10.5. The molecule has 13 nitrogen and oxygen atoms in total. The number of hydrogen-bond acceptors (Lipinski definition) is 10. The number of ether oxygens (including phenoxy) is 5. The largest absolute Gasteiger partial charge is 0.459 e. The molecule has 2 heterocycles. The van der Waals surface area contributed by atoms with Crippen LogP contribution < -0.4 is 17.2 Å². The molecule has 6 N–H and O–H groups in total. The number of carbonyl (C=O) groups is 4. The van der Waals surface area contributed by atoms with Crippen molar-refractivity contribution >= 4 is 24.2 Å². The lowest BCUT2D eigenvalue weighted by Gasteiger charge is -2.12. The molecule has 30 heavy (non-hydrogen) atoms. The molecule has 1 aromatic rings. The van der Waals surface area contributed by atoms with Crippen LogP contribution in [0, 0.1) is 0 Å². The van der Waals surface area contributed by atoms with Crippen molar-refractivity contribution in [1.29, 1.82) is 0 Å². The van der Waals surface area contributed by atoms with E-state index in [0.29, 0.717) is 11.5 Å². The number of furan rings is 1. The van der Waals surface area contributed by atoms with Gasteiger partial charge < -0.3 is 45.3 Å². The molecule has 0 spiro atoms. The lowest BCUT2D eigenvalue weighted by Crippen LogP contribution is -2.25. The fourth-order valence-electron chi connectivity index (χ4n) is 2.27. The molecule has 3 amide bonds. The van der Waals surface area contributed by atoms with Gasteiger partial charge in [-0.1, -0.05) is 0 Å². The molecule has 1 aliphatic rings. The van der Waals surface area contributed by atoms with Gasteiger partial charge in [0.2, 0.25) is 0 Å². The van der Waals surface area contributed by atoms with Gasteiger partial charge in [0.15, 0.2) is 6.61 Å². The molecule has 0 radical (unpaired) electrons. The topological polar surface area (TPSA) is 206 Å². The van der Waals surface area contributed by atoms with Gasteiger partial charge in [0.1, 0.15) is 31.3 Å². The Hall–Kier alpha value is -3.48. The monoisotopic (exact) mass is 431 g/mol. The van der Waals surface area contributed by atoms with E-state index in [1.54, 1.807) is 12.1 Å². The summed E-state index contributed by atoms with van der Waals surface area (Å²) >= 11 is 0. The summed E-state index contributed by atoms with van der Waals surface area (Å²) in [5.74, 6) is 0.533. The molecule has 0 saturated carbocycles. The van der Waals surface area contributed by atoms with Crippen LogP contribution in [0.3, 0.4) is 0 Å². The minimum atomic E-state index is -0.868. The van der Waals surface area contributed by atoms with Crippen molar-refractivity contribution < 1.29 is 47.3 Å². The fourth-order valence-corrected chi connectivity index (χ4v) is 2.27. The first-order valence-corrected chi connectivity index (χ1v) is 8.78. The average Bonchev–Trinajstić information content (AvgIpc) is 3.31. The molecule has 2 unspecified atom stereocenters. The average molecular weight is 431 g/mol. The molecule has 1 fully saturated rings. The number of esters is 1. The zero-order chi connectivity index (χ0) is 22.5. The third-order valence-electron chi connectivity index (χ3n) is 3.51. The summed E-state index contributed by atoms with van der Waals surface area (Å²) < 4.78 is 28.9. The van der Waals surface area contributed by atoms with Crippen LogP contribution in [0.25, 0.3) is 0 Å². The van der Waals surface area contributed by atoms with Gasteiger partial charge >= 0.3 is 24.2 Å². The summed E-state index contributed by atoms with van der Waals surface area (Å²) in [5, 5.41) is 0. The maximum atomic E-state index is 10.5. The van der Waals surface area contributed by atoms with E-state index < -0.39 is 18.3 Å². The Morgan fingerprint density at radius 1 is 0.833 bits per heavy atom. The number of primary amides is 3. The summed E-state index contributed by atoms with van der Waals surface area (Å²) in [6.07, 6.45) is -1.41. The van der Waals surface area contributed by atoms with Crippen molar-refractivity contribution in [3.05, 3.63) is 23.7 Å². The number of nitrogens with two attached hydrogens (primary N) is 3. The Bertz CT molecular complexity index is 664. The lowest BCUT2D eigenvalue weighted by atomic mass is 10.2. The van der Waals surface area contributed by atoms with E-state index in [-0.39, 0.29) is 44.6 Å². The summed E-state index contributed by atoms with van der Waals surface area (Å²) in [5.41, 5.74) is 14.4. The number of amides is 3. The van der Waals surface area contributed by atoms with Crippen molar-refractivity contribution in [1.82, 2.24) is 0 Å². The zero-order valence-electron chi connectivity index (χ0n) is 16.4. The SMILES string of the molecule is CC(=O)OCc1ccc(COC(N)=O)o1.NC(=O)OCC1CCC(COC(N)=O)O1. The number of hydrogen-bond donors (Lipinski definition) is 3. The highest BCUT2D eigenvalue weighted by atomic mass is 16.6. The minimum Gasteiger partial charge on any atom is -0.459 e.